The van der Waals surface area contributed by atoms with Crippen LogP contribution in [0.1, 0.15) is 49.1 Å². The van der Waals surface area contributed by atoms with Gasteiger partial charge >= 0.3 is 5.97 Å². The van der Waals surface area contributed by atoms with Crippen molar-refractivity contribution in [2.75, 3.05) is 6.61 Å². The zero-order valence-electron chi connectivity index (χ0n) is 12.5. The molecule has 0 amide bonds. The highest BCUT2D eigenvalue weighted by atomic mass is 32.1. The molecule has 2 heterocycles. The second kappa shape index (κ2) is 6.41. The highest BCUT2D eigenvalue weighted by Gasteiger charge is 2.32. The fraction of sp³-hybridized carbons (Fsp3) is 0.467. The van der Waals surface area contributed by atoms with Crippen molar-refractivity contribution >= 4 is 17.3 Å². The summed E-state index contributed by atoms with van der Waals surface area (Å²) in [5.74, 6) is -0.970. The number of nitrogens with zero attached hydrogens (tertiary/aromatic N) is 1. The van der Waals surface area contributed by atoms with Gasteiger partial charge in [0.15, 0.2) is 0 Å². The summed E-state index contributed by atoms with van der Waals surface area (Å²) in [7, 11) is 0. The molecule has 0 saturated heterocycles. The molecule has 0 aliphatic heterocycles. The Morgan fingerprint density at radius 2 is 2.14 bits per heavy atom. The number of carboxylic acid groups (broad SMARTS) is 1. The van der Waals surface area contributed by atoms with E-state index in [1.54, 1.807) is 23.6 Å². The van der Waals surface area contributed by atoms with Crippen LogP contribution in [0.3, 0.4) is 0 Å². The van der Waals surface area contributed by atoms with Crippen LogP contribution in [0.15, 0.2) is 17.6 Å². The minimum absolute atomic E-state index is 0.168. The van der Waals surface area contributed by atoms with Crippen molar-refractivity contribution in [3.8, 4) is 11.3 Å². The normalized spacial score (nSPS) is 11.8. The van der Waals surface area contributed by atoms with Crippen LogP contribution in [0.2, 0.25) is 0 Å². The predicted octanol–water partition coefficient (Wildman–Crippen LogP) is 3.89. The molecule has 114 valence electrons. The monoisotopic (exact) mass is 308 g/mol. The molecular formula is C15H20N2O3S. The molecule has 0 saturated carbocycles. The van der Waals surface area contributed by atoms with Crippen LogP contribution in [0.5, 0.6) is 0 Å². The van der Waals surface area contributed by atoms with Crippen molar-refractivity contribution in [2.45, 2.75) is 39.2 Å². The Hall–Kier alpha value is -1.66. The third-order valence-corrected chi connectivity index (χ3v) is 4.69. The van der Waals surface area contributed by atoms with E-state index in [1.807, 2.05) is 12.3 Å². The molecule has 0 unspecified atom stereocenters. The third kappa shape index (κ3) is 3.01. The van der Waals surface area contributed by atoms with Crippen molar-refractivity contribution < 1.29 is 14.6 Å². The van der Waals surface area contributed by atoms with Gasteiger partial charge in [-0.3, -0.25) is 0 Å². The summed E-state index contributed by atoms with van der Waals surface area (Å²) < 4.78 is 5.95. The Morgan fingerprint density at radius 1 is 1.43 bits per heavy atom. The molecule has 0 aliphatic rings. The summed E-state index contributed by atoms with van der Waals surface area (Å²) in [5.41, 5.74) is 1.39. The summed E-state index contributed by atoms with van der Waals surface area (Å²) >= 11 is 1.56. The van der Waals surface area contributed by atoms with E-state index in [-0.39, 0.29) is 11.3 Å². The molecule has 0 radical (unpaired) electrons. The Morgan fingerprint density at radius 3 is 2.67 bits per heavy atom. The van der Waals surface area contributed by atoms with Crippen LogP contribution in [-0.4, -0.2) is 27.7 Å². The highest BCUT2D eigenvalue weighted by molar-refractivity contribution is 7.10. The van der Waals surface area contributed by atoms with Crippen molar-refractivity contribution in [1.29, 1.82) is 0 Å². The number of aromatic carboxylic acids is 1. The standard InChI is InChI=1S/C15H20N2O3S/c1-4-15(5-2,20-6-3)14-17-12(9-21-14)10-7-11(13(18)19)16-8-10/h7-9,16H,4-6H2,1-3H3,(H,18,19). The first kappa shape index (κ1) is 15.7. The lowest BCUT2D eigenvalue weighted by Crippen LogP contribution is -2.28. The number of nitrogens with one attached hydrogen (secondary N) is 1. The number of hydrogen-bond acceptors (Lipinski definition) is 4. The Balaban J connectivity index is 2.33. The molecule has 0 aliphatic carbocycles. The van der Waals surface area contributed by atoms with E-state index in [1.165, 1.54) is 0 Å². The van der Waals surface area contributed by atoms with Gasteiger partial charge in [-0.25, -0.2) is 9.78 Å². The molecule has 0 fully saturated rings. The van der Waals surface area contributed by atoms with Crippen molar-refractivity contribution in [3.63, 3.8) is 0 Å². The number of carbonyl (C=O) groups is 1. The lowest BCUT2D eigenvalue weighted by Gasteiger charge is -2.29. The summed E-state index contributed by atoms with van der Waals surface area (Å²) in [4.78, 5) is 18.3. The first-order valence-corrected chi connectivity index (χ1v) is 7.96. The van der Waals surface area contributed by atoms with E-state index in [0.29, 0.717) is 6.61 Å². The number of aromatic amines is 1. The molecule has 2 aromatic heterocycles. The molecular weight excluding hydrogens is 288 g/mol. The minimum Gasteiger partial charge on any atom is -0.477 e. The number of rotatable bonds is 7. The van der Waals surface area contributed by atoms with Gasteiger partial charge in [0.25, 0.3) is 0 Å². The van der Waals surface area contributed by atoms with Gasteiger partial charge in [0.2, 0.25) is 0 Å². The second-order valence-corrected chi connectivity index (χ2v) is 5.64. The van der Waals surface area contributed by atoms with E-state index in [2.05, 4.69) is 23.8 Å². The Kier molecular flexibility index (Phi) is 4.80. The topological polar surface area (TPSA) is 75.2 Å². The third-order valence-electron chi connectivity index (χ3n) is 3.67. The number of ether oxygens (including phenoxy) is 1. The fourth-order valence-electron chi connectivity index (χ4n) is 2.38. The fourth-order valence-corrected chi connectivity index (χ4v) is 3.50. The number of aromatic nitrogens is 2. The van der Waals surface area contributed by atoms with Gasteiger partial charge in [0.1, 0.15) is 16.3 Å². The van der Waals surface area contributed by atoms with Crippen molar-refractivity contribution in [1.82, 2.24) is 9.97 Å². The molecule has 2 N–H and O–H groups in total. The summed E-state index contributed by atoms with van der Waals surface area (Å²) in [6.07, 6.45) is 3.39. The van der Waals surface area contributed by atoms with Crippen LogP contribution in [-0.2, 0) is 10.3 Å². The minimum atomic E-state index is -0.970. The van der Waals surface area contributed by atoms with E-state index < -0.39 is 5.97 Å². The molecule has 0 bridgehead atoms. The highest BCUT2D eigenvalue weighted by Crippen LogP contribution is 2.37. The number of thiazole rings is 1. The molecule has 2 aromatic rings. The van der Waals surface area contributed by atoms with Gasteiger partial charge in [-0.1, -0.05) is 13.8 Å². The maximum absolute atomic E-state index is 10.9. The van der Waals surface area contributed by atoms with Crippen LogP contribution >= 0.6 is 11.3 Å². The first-order chi connectivity index (χ1) is 10.1. The lowest BCUT2D eigenvalue weighted by molar-refractivity contribution is -0.0505. The SMILES string of the molecule is CCOC(CC)(CC)c1nc(-c2c[nH]c(C(=O)O)c2)cs1. The van der Waals surface area contributed by atoms with Gasteiger partial charge in [-0.05, 0) is 25.8 Å². The Labute approximate surface area is 128 Å². The second-order valence-electron chi connectivity index (χ2n) is 4.78. The molecule has 5 nitrogen and oxygen atoms in total. The van der Waals surface area contributed by atoms with Crippen LogP contribution in [0.25, 0.3) is 11.3 Å². The maximum atomic E-state index is 10.9. The van der Waals surface area contributed by atoms with Gasteiger partial charge in [-0.2, -0.15) is 0 Å². The van der Waals surface area contributed by atoms with Crippen molar-refractivity contribution in [2.24, 2.45) is 0 Å². The first-order valence-electron chi connectivity index (χ1n) is 7.08. The summed E-state index contributed by atoms with van der Waals surface area (Å²) in [6.45, 7) is 6.82. The van der Waals surface area contributed by atoms with Crippen LogP contribution < -0.4 is 0 Å². The van der Waals surface area contributed by atoms with Crippen LogP contribution in [0.4, 0.5) is 0 Å². The summed E-state index contributed by atoms with van der Waals surface area (Å²) in [5, 5.41) is 11.9. The average Bonchev–Trinajstić information content (AvgIpc) is 3.13. The molecule has 21 heavy (non-hydrogen) atoms. The smallest absolute Gasteiger partial charge is 0.352 e. The molecule has 0 atom stereocenters. The maximum Gasteiger partial charge on any atom is 0.352 e. The van der Waals surface area contributed by atoms with E-state index >= 15 is 0 Å². The molecule has 0 spiro atoms. The summed E-state index contributed by atoms with van der Waals surface area (Å²) in [6, 6.07) is 1.60. The molecule has 6 heteroatoms. The van der Waals surface area contributed by atoms with Gasteiger partial charge < -0.3 is 14.8 Å². The van der Waals surface area contributed by atoms with E-state index in [9.17, 15) is 4.79 Å². The molecule has 2 rings (SSSR count). The van der Waals surface area contributed by atoms with Crippen molar-refractivity contribution in [3.05, 3.63) is 28.3 Å². The van der Waals surface area contributed by atoms with Gasteiger partial charge in [-0.15, -0.1) is 11.3 Å². The zero-order chi connectivity index (χ0) is 15.5. The lowest BCUT2D eigenvalue weighted by atomic mass is 9.98. The Bertz CT molecular complexity index is 614. The van der Waals surface area contributed by atoms with Crippen LogP contribution in [0, 0.1) is 0 Å². The zero-order valence-corrected chi connectivity index (χ0v) is 13.3. The van der Waals surface area contributed by atoms with E-state index in [0.717, 1.165) is 29.1 Å². The number of H-pyrrole nitrogens is 1. The number of carboxylic acids is 1. The average molecular weight is 308 g/mol. The predicted molar refractivity (Wildman–Crippen MR) is 82.7 cm³/mol. The molecule has 0 aromatic carbocycles. The quantitative estimate of drug-likeness (QED) is 0.813. The van der Waals surface area contributed by atoms with Gasteiger partial charge in [0.05, 0.1) is 5.69 Å². The largest absolute Gasteiger partial charge is 0.477 e. The van der Waals surface area contributed by atoms with E-state index in [4.69, 9.17) is 9.84 Å². The number of hydrogen-bond donors (Lipinski definition) is 2. The van der Waals surface area contributed by atoms with Gasteiger partial charge in [0, 0.05) is 23.7 Å².